The molecule has 92 valence electrons. The molecule has 0 N–H and O–H groups in total. The highest BCUT2D eigenvalue weighted by molar-refractivity contribution is 7.91. The number of hydrogen-bond acceptors (Lipinski definition) is 3. The molecule has 3 nitrogen and oxygen atoms in total. The molecule has 0 spiro atoms. The first-order chi connectivity index (χ1) is 7.77. The van der Waals surface area contributed by atoms with Crippen LogP contribution in [0, 0.1) is 17.2 Å². The van der Waals surface area contributed by atoms with E-state index >= 15 is 0 Å². The molecule has 17 heavy (non-hydrogen) atoms. The van der Waals surface area contributed by atoms with Crippen molar-refractivity contribution in [3.63, 3.8) is 0 Å². The zero-order valence-corrected chi connectivity index (χ0v) is 9.29. The maximum atomic E-state index is 12.3. The Morgan fingerprint density at radius 2 is 1.76 bits per heavy atom. The molecule has 0 saturated carbocycles. The fourth-order valence-corrected chi connectivity index (χ4v) is 2.62. The van der Waals surface area contributed by atoms with Gasteiger partial charge in [0, 0.05) is 0 Å². The van der Waals surface area contributed by atoms with E-state index in [4.69, 9.17) is 5.26 Å². The second-order valence-electron chi connectivity index (χ2n) is 3.32. The van der Waals surface area contributed by atoms with Crippen LogP contribution in [0.3, 0.4) is 0 Å². The molecule has 0 aliphatic heterocycles. The Balaban J connectivity index is 3.00. The molecule has 1 aromatic rings. The quantitative estimate of drug-likeness (QED) is 0.839. The summed E-state index contributed by atoms with van der Waals surface area (Å²) in [6.07, 6.45) is -4.84. The predicted molar refractivity (Wildman–Crippen MR) is 53.7 cm³/mol. The summed E-state index contributed by atoms with van der Waals surface area (Å²) >= 11 is 0. The number of nitriles is 1. The summed E-state index contributed by atoms with van der Waals surface area (Å²) in [5, 5.41) is 8.34. The standard InChI is InChI=1S/C10H8F3NO2S/c11-10(12,13)8(6-14)7-17(15,16)9-4-2-1-3-5-9/h1-5,8H,7H2. The van der Waals surface area contributed by atoms with Crippen LogP contribution in [-0.2, 0) is 9.84 Å². The second-order valence-corrected chi connectivity index (χ2v) is 5.35. The first kappa shape index (κ1) is 13.5. The molecular formula is C10H8F3NO2S. The number of sulfone groups is 1. The second kappa shape index (κ2) is 4.75. The largest absolute Gasteiger partial charge is 0.405 e. The first-order valence-corrected chi connectivity index (χ1v) is 6.17. The molecule has 1 unspecified atom stereocenters. The molecule has 1 aromatic carbocycles. The summed E-state index contributed by atoms with van der Waals surface area (Å²) in [7, 11) is -4.10. The topological polar surface area (TPSA) is 57.9 Å². The van der Waals surface area contributed by atoms with E-state index in [9.17, 15) is 21.6 Å². The van der Waals surface area contributed by atoms with Gasteiger partial charge in [-0.3, -0.25) is 0 Å². The van der Waals surface area contributed by atoms with Crippen LogP contribution in [0.2, 0.25) is 0 Å². The number of hydrogen-bond donors (Lipinski definition) is 0. The van der Waals surface area contributed by atoms with Crippen LogP contribution in [0.25, 0.3) is 0 Å². The van der Waals surface area contributed by atoms with Crippen LogP contribution in [0.1, 0.15) is 0 Å². The van der Waals surface area contributed by atoms with Crippen LogP contribution in [0.15, 0.2) is 35.2 Å². The van der Waals surface area contributed by atoms with E-state index in [0.29, 0.717) is 0 Å². The minimum Gasteiger partial charge on any atom is -0.224 e. The van der Waals surface area contributed by atoms with Crippen LogP contribution >= 0.6 is 0 Å². The molecule has 1 rings (SSSR count). The van der Waals surface area contributed by atoms with Gasteiger partial charge in [0.05, 0.1) is 16.7 Å². The van der Waals surface area contributed by atoms with Gasteiger partial charge in [0.2, 0.25) is 0 Å². The Hall–Kier alpha value is -1.55. The van der Waals surface area contributed by atoms with E-state index in [0.717, 1.165) is 6.07 Å². The van der Waals surface area contributed by atoms with Gasteiger partial charge in [-0.25, -0.2) is 8.42 Å². The zero-order valence-electron chi connectivity index (χ0n) is 8.48. The third-order valence-corrected chi connectivity index (χ3v) is 3.80. The van der Waals surface area contributed by atoms with Gasteiger partial charge in [0.15, 0.2) is 15.8 Å². The number of rotatable bonds is 3. The average molecular weight is 263 g/mol. The van der Waals surface area contributed by atoms with E-state index in [1.807, 2.05) is 0 Å². The lowest BCUT2D eigenvalue weighted by Crippen LogP contribution is -2.28. The van der Waals surface area contributed by atoms with Crippen molar-refractivity contribution in [1.82, 2.24) is 0 Å². The molecule has 1 atom stereocenters. The van der Waals surface area contributed by atoms with Crippen molar-refractivity contribution in [2.24, 2.45) is 5.92 Å². The van der Waals surface area contributed by atoms with E-state index in [1.165, 1.54) is 24.3 Å². The maximum Gasteiger partial charge on any atom is 0.405 e. The number of benzene rings is 1. The molecule has 0 amide bonds. The van der Waals surface area contributed by atoms with Gasteiger partial charge in [-0.05, 0) is 12.1 Å². The van der Waals surface area contributed by atoms with Crippen molar-refractivity contribution >= 4 is 9.84 Å². The van der Waals surface area contributed by atoms with Crippen LogP contribution < -0.4 is 0 Å². The molecule has 0 fully saturated rings. The summed E-state index contributed by atoms with van der Waals surface area (Å²) in [6, 6.07) is 7.71. The molecular weight excluding hydrogens is 255 g/mol. The van der Waals surface area contributed by atoms with Gasteiger partial charge < -0.3 is 0 Å². The van der Waals surface area contributed by atoms with Crippen molar-refractivity contribution in [3.05, 3.63) is 30.3 Å². The van der Waals surface area contributed by atoms with Gasteiger partial charge in [0.25, 0.3) is 0 Å². The van der Waals surface area contributed by atoms with Gasteiger partial charge in [-0.2, -0.15) is 18.4 Å². The van der Waals surface area contributed by atoms with E-state index < -0.39 is 27.7 Å². The minimum atomic E-state index is -4.84. The Bertz CT molecular complexity index is 517. The number of nitrogens with zero attached hydrogens (tertiary/aromatic N) is 1. The smallest absolute Gasteiger partial charge is 0.224 e. The Morgan fingerprint density at radius 3 is 2.18 bits per heavy atom. The van der Waals surface area contributed by atoms with Gasteiger partial charge >= 0.3 is 6.18 Å². The Kier molecular flexibility index (Phi) is 3.78. The highest BCUT2D eigenvalue weighted by atomic mass is 32.2. The molecule has 0 aliphatic rings. The van der Waals surface area contributed by atoms with Crippen molar-refractivity contribution < 1.29 is 21.6 Å². The SMILES string of the molecule is N#CC(CS(=O)(=O)c1ccccc1)C(F)(F)F. The molecule has 0 heterocycles. The molecule has 0 radical (unpaired) electrons. The summed E-state index contributed by atoms with van der Waals surface area (Å²) in [6.45, 7) is 0. The maximum absolute atomic E-state index is 12.3. The third-order valence-electron chi connectivity index (χ3n) is 2.04. The third kappa shape index (κ3) is 3.46. The molecule has 7 heteroatoms. The van der Waals surface area contributed by atoms with Crippen molar-refractivity contribution in [2.45, 2.75) is 11.1 Å². The van der Waals surface area contributed by atoms with Crippen LogP contribution in [0.5, 0.6) is 0 Å². The first-order valence-electron chi connectivity index (χ1n) is 4.51. The molecule has 0 aliphatic carbocycles. The fraction of sp³-hybridized carbons (Fsp3) is 0.300. The lowest BCUT2D eigenvalue weighted by Gasteiger charge is -2.13. The monoisotopic (exact) mass is 263 g/mol. The van der Waals surface area contributed by atoms with Crippen molar-refractivity contribution in [2.75, 3.05) is 5.75 Å². The number of halogens is 3. The van der Waals surface area contributed by atoms with Gasteiger partial charge in [0.1, 0.15) is 0 Å². The molecule has 0 saturated heterocycles. The highest BCUT2D eigenvalue weighted by Crippen LogP contribution is 2.28. The minimum absolute atomic E-state index is 0.218. The highest BCUT2D eigenvalue weighted by Gasteiger charge is 2.43. The molecule has 0 aromatic heterocycles. The van der Waals surface area contributed by atoms with Crippen molar-refractivity contribution in [1.29, 1.82) is 5.26 Å². The average Bonchev–Trinajstić information content (AvgIpc) is 2.25. The fourth-order valence-electron chi connectivity index (χ4n) is 1.15. The van der Waals surface area contributed by atoms with Crippen molar-refractivity contribution in [3.8, 4) is 6.07 Å². The normalized spacial score (nSPS) is 14.0. The zero-order chi connectivity index (χ0) is 13.1. The van der Waals surface area contributed by atoms with E-state index in [1.54, 1.807) is 6.07 Å². The summed E-state index contributed by atoms with van der Waals surface area (Å²) in [5.41, 5.74) is 0. The van der Waals surface area contributed by atoms with Crippen LogP contribution in [-0.4, -0.2) is 20.3 Å². The lowest BCUT2D eigenvalue weighted by molar-refractivity contribution is -0.153. The van der Waals surface area contributed by atoms with Gasteiger partial charge in [-0.1, -0.05) is 18.2 Å². The lowest BCUT2D eigenvalue weighted by atomic mass is 10.2. The summed E-state index contributed by atoms with van der Waals surface area (Å²) in [5.74, 6) is -3.76. The Labute approximate surface area is 96.4 Å². The van der Waals surface area contributed by atoms with E-state index in [2.05, 4.69) is 0 Å². The van der Waals surface area contributed by atoms with Gasteiger partial charge in [-0.15, -0.1) is 0 Å². The van der Waals surface area contributed by atoms with Crippen LogP contribution in [0.4, 0.5) is 13.2 Å². The Morgan fingerprint density at radius 1 is 1.24 bits per heavy atom. The molecule has 0 bridgehead atoms. The predicted octanol–water partition coefficient (Wildman–Crippen LogP) is 2.16. The van der Waals surface area contributed by atoms with E-state index in [-0.39, 0.29) is 4.90 Å². The summed E-state index contributed by atoms with van der Waals surface area (Å²) < 4.78 is 60.0. The number of alkyl halides is 3. The summed E-state index contributed by atoms with van der Waals surface area (Å²) in [4.78, 5) is -0.218.